The molecule has 1 amide bonds. The molecule has 0 spiro atoms. The zero-order chi connectivity index (χ0) is 18.1. The van der Waals surface area contributed by atoms with Gasteiger partial charge in [-0.2, -0.15) is 5.10 Å². The Morgan fingerprint density at radius 2 is 1.88 bits per heavy atom. The van der Waals surface area contributed by atoms with Crippen molar-refractivity contribution in [2.45, 2.75) is 19.4 Å². The number of nitrogens with zero attached hydrogens (tertiary/aromatic N) is 2. The maximum Gasteiger partial charge on any atom is 0.284 e. The molecule has 4 nitrogen and oxygen atoms in total. The fourth-order valence-electron chi connectivity index (χ4n) is 3.14. The summed E-state index contributed by atoms with van der Waals surface area (Å²) in [5, 5.41) is 18.3. The summed E-state index contributed by atoms with van der Waals surface area (Å²) in [5.41, 5.74) is 3.74. The van der Waals surface area contributed by atoms with Crippen molar-refractivity contribution < 1.29 is 9.90 Å². The molecule has 0 aliphatic carbocycles. The van der Waals surface area contributed by atoms with Crippen LogP contribution in [0.25, 0.3) is 0 Å². The molecule has 0 radical (unpaired) electrons. The average molecular weight is 362 g/mol. The average Bonchev–Trinajstić information content (AvgIpc) is 3.32. The smallest absolute Gasteiger partial charge is 0.284 e. The largest absolute Gasteiger partial charge is 0.508 e. The molecule has 1 N–H and O–H groups in total. The number of carbonyl (C=O) groups excluding carboxylic acids is 1. The van der Waals surface area contributed by atoms with Gasteiger partial charge in [0.2, 0.25) is 0 Å². The first kappa shape index (κ1) is 16.5. The van der Waals surface area contributed by atoms with Crippen molar-refractivity contribution >= 4 is 23.0 Å². The van der Waals surface area contributed by atoms with E-state index in [9.17, 15) is 9.90 Å². The highest BCUT2D eigenvalue weighted by molar-refractivity contribution is 7.12. The van der Waals surface area contributed by atoms with Gasteiger partial charge in [0.25, 0.3) is 5.91 Å². The van der Waals surface area contributed by atoms with Crippen LogP contribution in [0.3, 0.4) is 0 Å². The summed E-state index contributed by atoms with van der Waals surface area (Å²) in [6.07, 6.45) is 0.567. The molecule has 0 saturated heterocycles. The van der Waals surface area contributed by atoms with Crippen molar-refractivity contribution in [2.75, 3.05) is 0 Å². The van der Waals surface area contributed by atoms with Crippen LogP contribution in [0.5, 0.6) is 5.75 Å². The van der Waals surface area contributed by atoms with Crippen molar-refractivity contribution in [1.82, 2.24) is 5.01 Å². The minimum absolute atomic E-state index is 0.143. The van der Waals surface area contributed by atoms with Crippen LogP contribution in [0.2, 0.25) is 0 Å². The predicted octanol–water partition coefficient (Wildman–Crippen LogP) is 4.75. The lowest BCUT2D eigenvalue weighted by Crippen LogP contribution is -2.26. The zero-order valence-electron chi connectivity index (χ0n) is 14.3. The molecule has 1 aliphatic heterocycles. The number of aromatic hydroxyl groups is 1. The first-order valence-corrected chi connectivity index (χ1v) is 9.31. The molecule has 1 aliphatic rings. The van der Waals surface area contributed by atoms with E-state index in [0.717, 1.165) is 11.3 Å². The highest BCUT2D eigenvalue weighted by Crippen LogP contribution is 2.38. The Morgan fingerprint density at radius 3 is 2.58 bits per heavy atom. The molecule has 1 aromatic heterocycles. The van der Waals surface area contributed by atoms with E-state index in [-0.39, 0.29) is 17.7 Å². The summed E-state index contributed by atoms with van der Waals surface area (Å²) in [6.45, 7) is 2.04. The molecule has 2 heterocycles. The van der Waals surface area contributed by atoms with Gasteiger partial charge in [0, 0.05) is 12.0 Å². The number of rotatable bonds is 3. The molecule has 0 bridgehead atoms. The third kappa shape index (κ3) is 3.02. The number of carbonyl (C=O) groups is 1. The van der Waals surface area contributed by atoms with Gasteiger partial charge in [-0.1, -0.05) is 54.1 Å². The van der Waals surface area contributed by atoms with Gasteiger partial charge in [0.1, 0.15) is 5.75 Å². The number of amides is 1. The molecule has 26 heavy (non-hydrogen) atoms. The van der Waals surface area contributed by atoms with E-state index in [2.05, 4.69) is 5.10 Å². The van der Waals surface area contributed by atoms with Gasteiger partial charge in [0.05, 0.1) is 16.6 Å². The third-order valence-corrected chi connectivity index (χ3v) is 5.39. The molecule has 0 unspecified atom stereocenters. The van der Waals surface area contributed by atoms with Gasteiger partial charge in [0.15, 0.2) is 0 Å². The quantitative estimate of drug-likeness (QED) is 0.731. The summed E-state index contributed by atoms with van der Waals surface area (Å²) < 4.78 is 0. The fraction of sp³-hybridized carbons (Fsp3) is 0.143. The van der Waals surface area contributed by atoms with Crippen molar-refractivity contribution in [3.05, 3.63) is 87.6 Å². The van der Waals surface area contributed by atoms with Crippen molar-refractivity contribution in [3.8, 4) is 5.75 Å². The van der Waals surface area contributed by atoms with Crippen molar-refractivity contribution in [1.29, 1.82) is 0 Å². The Kier molecular flexibility index (Phi) is 4.31. The first-order valence-electron chi connectivity index (χ1n) is 8.43. The lowest BCUT2D eigenvalue weighted by molar-refractivity contribution is 0.0714. The maximum atomic E-state index is 13.0. The van der Waals surface area contributed by atoms with Crippen LogP contribution in [0.1, 0.15) is 38.8 Å². The minimum atomic E-state index is -0.317. The Labute approximate surface area is 156 Å². The number of aryl methyl sites for hydroxylation is 1. The number of benzene rings is 2. The standard InChI is InChI=1S/C21H18N2O2S/c1-14-8-10-15(11-9-14)17-13-18(16-5-2-3-6-19(16)24)23(22-17)21(25)20-7-4-12-26-20/h2-12,18,24H,13H2,1H3/t18-/m0/s1. The first-order chi connectivity index (χ1) is 12.6. The second-order valence-electron chi connectivity index (χ2n) is 6.32. The van der Waals surface area contributed by atoms with Crippen LogP contribution in [0, 0.1) is 6.92 Å². The molecule has 4 rings (SSSR count). The molecule has 5 heteroatoms. The Balaban J connectivity index is 1.75. The van der Waals surface area contributed by atoms with Gasteiger partial charge < -0.3 is 5.11 Å². The van der Waals surface area contributed by atoms with Crippen LogP contribution in [-0.4, -0.2) is 21.7 Å². The highest BCUT2D eigenvalue weighted by Gasteiger charge is 2.35. The number of hydrogen-bond acceptors (Lipinski definition) is 4. The van der Waals surface area contributed by atoms with E-state index in [1.54, 1.807) is 18.2 Å². The van der Waals surface area contributed by atoms with E-state index >= 15 is 0 Å². The number of para-hydroxylation sites is 1. The van der Waals surface area contributed by atoms with E-state index in [1.165, 1.54) is 21.9 Å². The Morgan fingerprint density at radius 1 is 1.12 bits per heavy atom. The lowest BCUT2D eigenvalue weighted by Gasteiger charge is -2.22. The van der Waals surface area contributed by atoms with E-state index in [1.807, 2.05) is 54.8 Å². The summed E-state index contributed by atoms with van der Waals surface area (Å²) >= 11 is 1.40. The second-order valence-corrected chi connectivity index (χ2v) is 7.27. The molecular formula is C21H18N2O2S. The highest BCUT2D eigenvalue weighted by atomic mass is 32.1. The Bertz CT molecular complexity index is 962. The van der Waals surface area contributed by atoms with Crippen LogP contribution >= 0.6 is 11.3 Å². The molecule has 0 saturated carbocycles. The lowest BCUT2D eigenvalue weighted by atomic mass is 9.97. The molecule has 130 valence electrons. The summed E-state index contributed by atoms with van der Waals surface area (Å²) in [4.78, 5) is 13.6. The molecule has 2 aromatic carbocycles. The van der Waals surface area contributed by atoms with E-state index in [4.69, 9.17) is 0 Å². The SMILES string of the molecule is Cc1ccc(C2=NN(C(=O)c3cccs3)[C@H](c3ccccc3O)C2)cc1. The predicted molar refractivity (Wildman–Crippen MR) is 104 cm³/mol. The van der Waals surface area contributed by atoms with Crippen LogP contribution in [-0.2, 0) is 0 Å². The molecular weight excluding hydrogens is 344 g/mol. The molecule has 0 fully saturated rings. The third-order valence-electron chi connectivity index (χ3n) is 4.53. The number of hydrazone groups is 1. The Hall–Kier alpha value is -2.92. The summed E-state index contributed by atoms with van der Waals surface area (Å²) in [6, 6.07) is 18.6. The van der Waals surface area contributed by atoms with Crippen molar-refractivity contribution in [3.63, 3.8) is 0 Å². The molecule has 3 aromatic rings. The minimum Gasteiger partial charge on any atom is -0.508 e. The molecule has 1 atom stereocenters. The van der Waals surface area contributed by atoms with Gasteiger partial charge in [-0.05, 0) is 30.0 Å². The number of phenols is 1. The second kappa shape index (κ2) is 6.77. The summed E-state index contributed by atoms with van der Waals surface area (Å²) in [7, 11) is 0. The van der Waals surface area contributed by atoms with Crippen LogP contribution < -0.4 is 0 Å². The summed E-state index contributed by atoms with van der Waals surface area (Å²) in [5.74, 6) is 0.0391. The van der Waals surface area contributed by atoms with Gasteiger partial charge >= 0.3 is 0 Å². The maximum absolute atomic E-state index is 13.0. The van der Waals surface area contributed by atoms with Gasteiger partial charge in [-0.25, -0.2) is 5.01 Å². The van der Waals surface area contributed by atoms with Crippen molar-refractivity contribution in [2.24, 2.45) is 5.10 Å². The monoisotopic (exact) mass is 362 g/mol. The zero-order valence-corrected chi connectivity index (χ0v) is 15.1. The number of thiophene rings is 1. The number of phenolic OH excluding ortho intramolecular Hbond substituents is 1. The van der Waals surface area contributed by atoms with Gasteiger partial charge in [-0.3, -0.25) is 4.79 Å². The van der Waals surface area contributed by atoms with E-state index in [0.29, 0.717) is 16.9 Å². The number of hydrogen-bond donors (Lipinski definition) is 1. The van der Waals surface area contributed by atoms with Crippen LogP contribution in [0.4, 0.5) is 0 Å². The van der Waals surface area contributed by atoms with Crippen LogP contribution in [0.15, 0.2) is 71.1 Å². The van der Waals surface area contributed by atoms with E-state index < -0.39 is 0 Å². The topological polar surface area (TPSA) is 52.9 Å². The fourth-order valence-corrected chi connectivity index (χ4v) is 3.80. The van der Waals surface area contributed by atoms with Gasteiger partial charge in [-0.15, -0.1) is 11.3 Å². The normalized spacial score (nSPS) is 16.6.